The second kappa shape index (κ2) is 4.25. The van der Waals surface area contributed by atoms with Gasteiger partial charge in [-0.1, -0.05) is 6.92 Å². The number of carbonyl (C=O) groups is 3. The fourth-order valence-electron chi connectivity index (χ4n) is 2.27. The monoisotopic (exact) mass is 210 g/mol. The van der Waals surface area contributed by atoms with Gasteiger partial charge >= 0.3 is 0 Å². The molecule has 0 unspecified atom stereocenters. The lowest BCUT2D eigenvalue weighted by Gasteiger charge is -2.35. The van der Waals surface area contributed by atoms with Crippen LogP contribution < -0.4 is 0 Å². The van der Waals surface area contributed by atoms with Gasteiger partial charge in [-0.2, -0.15) is 0 Å². The Kier molecular flexibility index (Phi) is 3.42. The molecule has 0 aromatic carbocycles. The molecular weight excluding hydrogens is 192 g/mol. The zero-order valence-electron chi connectivity index (χ0n) is 9.63. The molecule has 15 heavy (non-hydrogen) atoms. The van der Waals surface area contributed by atoms with Crippen LogP contribution in [0.5, 0.6) is 0 Å². The lowest BCUT2D eigenvalue weighted by molar-refractivity contribution is -0.146. The maximum Gasteiger partial charge on any atom is 0.146 e. The van der Waals surface area contributed by atoms with E-state index in [4.69, 9.17) is 0 Å². The zero-order valence-corrected chi connectivity index (χ0v) is 9.63. The predicted octanol–water partition coefficient (Wildman–Crippen LogP) is 1.93. The van der Waals surface area contributed by atoms with E-state index >= 15 is 0 Å². The molecule has 1 atom stereocenters. The fraction of sp³-hybridized carbons (Fsp3) is 0.750. The van der Waals surface area contributed by atoms with Crippen LogP contribution in [-0.2, 0) is 14.4 Å². The third-order valence-electron chi connectivity index (χ3n) is 3.55. The van der Waals surface area contributed by atoms with Crippen LogP contribution in [0.25, 0.3) is 0 Å². The van der Waals surface area contributed by atoms with Crippen molar-refractivity contribution in [3.63, 3.8) is 0 Å². The van der Waals surface area contributed by atoms with E-state index in [0.717, 1.165) is 0 Å². The quantitative estimate of drug-likeness (QED) is 0.669. The molecule has 3 nitrogen and oxygen atoms in total. The smallest absolute Gasteiger partial charge is 0.146 e. The molecule has 0 bridgehead atoms. The van der Waals surface area contributed by atoms with Crippen LogP contribution in [0.4, 0.5) is 0 Å². The molecule has 0 aromatic rings. The number of hydrogen-bond donors (Lipinski definition) is 0. The SMILES string of the molecule is CC(=O)C[C@@H](C)C1(C)C(=O)CCCC1=O. The Morgan fingerprint density at radius 2 is 1.80 bits per heavy atom. The van der Waals surface area contributed by atoms with Crippen LogP contribution in [0.2, 0.25) is 0 Å². The maximum atomic E-state index is 11.8. The summed E-state index contributed by atoms with van der Waals surface area (Å²) in [6.07, 6.45) is 1.93. The fourth-order valence-corrected chi connectivity index (χ4v) is 2.27. The van der Waals surface area contributed by atoms with Gasteiger partial charge in [0, 0.05) is 19.3 Å². The van der Waals surface area contributed by atoms with Crippen molar-refractivity contribution in [2.24, 2.45) is 11.3 Å². The van der Waals surface area contributed by atoms with Crippen LogP contribution in [0.1, 0.15) is 46.5 Å². The molecule has 1 aliphatic rings. The van der Waals surface area contributed by atoms with Crippen molar-refractivity contribution in [2.75, 3.05) is 0 Å². The molecule has 0 spiro atoms. The molecule has 0 aliphatic heterocycles. The Hall–Kier alpha value is -0.990. The summed E-state index contributed by atoms with van der Waals surface area (Å²) < 4.78 is 0. The summed E-state index contributed by atoms with van der Waals surface area (Å²) in [7, 11) is 0. The van der Waals surface area contributed by atoms with E-state index < -0.39 is 5.41 Å². The Morgan fingerprint density at radius 3 is 2.20 bits per heavy atom. The second-order valence-electron chi connectivity index (χ2n) is 4.71. The van der Waals surface area contributed by atoms with Crippen molar-refractivity contribution in [3.05, 3.63) is 0 Å². The highest BCUT2D eigenvalue weighted by Gasteiger charge is 2.46. The lowest BCUT2D eigenvalue weighted by atomic mass is 9.65. The predicted molar refractivity (Wildman–Crippen MR) is 56.4 cm³/mol. The van der Waals surface area contributed by atoms with Gasteiger partial charge < -0.3 is 4.79 Å². The van der Waals surface area contributed by atoms with E-state index in [0.29, 0.717) is 25.7 Å². The van der Waals surface area contributed by atoms with Gasteiger partial charge in [0.25, 0.3) is 0 Å². The van der Waals surface area contributed by atoms with Gasteiger partial charge in [0.15, 0.2) is 0 Å². The van der Waals surface area contributed by atoms with Crippen LogP contribution in [-0.4, -0.2) is 17.3 Å². The molecule has 3 heteroatoms. The third kappa shape index (κ3) is 2.16. The number of rotatable bonds is 3. The van der Waals surface area contributed by atoms with Gasteiger partial charge in [-0.05, 0) is 26.2 Å². The Morgan fingerprint density at radius 1 is 1.33 bits per heavy atom. The van der Waals surface area contributed by atoms with E-state index in [1.165, 1.54) is 6.92 Å². The number of carbonyl (C=O) groups excluding carboxylic acids is 3. The van der Waals surface area contributed by atoms with E-state index in [1.807, 2.05) is 6.92 Å². The van der Waals surface area contributed by atoms with Crippen molar-refractivity contribution in [1.29, 1.82) is 0 Å². The first kappa shape index (κ1) is 12.1. The van der Waals surface area contributed by atoms with Gasteiger partial charge in [0.2, 0.25) is 0 Å². The molecule has 0 aromatic heterocycles. The molecule has 1 aliphatic carbocycles. The normalized spacial score (nSPS) is 22.6. The maximum absolute atomic E-state index is 11.8. The molecule has 0 amide bonds. The first-order valence-electron chi connectivity index (χ1n) is 5.45. The summed E-state index contributed by atoms with van der Waals surface area (Å²) in [5.41, 5.74) is -0.913. The molecule has 0 saturated heterocycles. The van der Waals surface area contributed by atoms with Gasteiger partial charge in [0.1, 0.15) is 17.3 Å². The van der Waals surface area contributed by atoms with E-state index in [9.17, 15) is 14.4 Å². The van der Waals surface area contributed by atoms with Gasteiger partial charge in [0.05, 0.1) is 5.41 Å². The zero-order chi connectivity index (χ0) is 11.6. The Bertz CT molecular complexity index is 288. The molecule has 1 rings (SSSR count). The van der Waals surface area contributed by atoms with Gasteiger partial charge in [-0.25, -0.2) is 0 Å². The molecule has 0 heterocycles. The minimum absolute atomic E-state index is 0.00694. The minimum Gasteiger partial charge on any atom is -0.300 e. The molecule has 84 valence electrons. The van der Waals surface area contributed by atoms with Crippen molar-refractivity contribution >= 4 is 17.3 Å². The van der Waals surface area contributed by atoms with Crippen molar-refractivity contribution in [2.45, 2.75) is 46.5 Å². The summed E-state index contributed by atoms with van der Waals surface area (Å²) in [5, 5.41) is 0. The highest BCUT2D eigenvalue weighted by atomic mass is 16.2. The third-order valence-corrected chi connectivity index (χ3v) is 3.55. The summed E-state index contributed by atoms with van der Waals surface area (Å²) >= 11 is 0. The van der Waals surface area contributed by atoms with Crippen LogP contribution in [0, 0.1) is 11.3 Å². The van der Waals surface area contributed by atoms with Crippen LogP contribution in [0.15, 0.2) is 0 Å². The highest BCUT2D eigenvalue weighted by molar-refractivity contribution is 6.09. The molecular formula is C12H18O3. The molecule has 1 fully saturated rings. The van der Waals surface area contributed by atoms with Crippen molar-refractivity contribution in [3.8, 4) is 0 Å². The molecule has 0 radical (unpaired) electrons. The Balaban J connectivity index is 2.90. The summed E-state index contributed by atoms with van der Waals surface area (Å²) in [6.45, 7) is 5.02. The van der Waals surface area contributed by atoms with Crippen LogP contribution in [0.3, 0.4) is 0 Å². The van der Waals surface area contributed by atoms with E-state index in [-0.39, 0.29) is 23.3 Å². The van der Waals surface area contributed by atoms with Crippen molar-refractivity contribution in [1.82, 2.24) is 0 Å². The molecule has 0 N–H and O–H groups in total. The van der Waals surface area contributed by atoms with E-state index in [1.54, 1.807) is 6.92 Å². The second-order valence-corrected chi connectivity index (χ2v) is 4.71. The first-order valence-corrected chi connectivity index (χ1v) is 5.45. The van der Waals surface area contributed by atoms with Crippen LogP contribution >= 0.6 is 0 Å². The number of hydrogen-bond acceptors (Lipinski definition) is 3. The van der Waals surface area contributed by atoms with E-state index in [2.05, 4.69) is 0 Å². The van der Waals surface area contributed by atoms with Crippen molar-refractivity contribution < 1.29 is 14.4 Å². The summed E-state index contributed by atoms with van der Waals surface area (Å²) in [6, 6.07) is 0. The highest BCUT2D eigenvalue weighted by Crippen LogP contribution is 2.38. The number of ketones is 3. The topological polar surface area (TPSA) is 51.2 Å². The largest absolute Gasteiger partial charge is 0.300 e. The average molecular weight is 210 g/mol. The lowest BCUT2D eigenvalue weighted by Crippen LogP contribution is -2.45. The summed E-state index contributed by atoms with van der Waals surface area (Å²) in [5.74, 6) is -0.120. The molecule has 1 saturated carbocycles. The van der Waals surface area contributed by atoms with Gasteiger partial charge in [-0.15, -0.1) is 0 Å². The standard InChI is InChI=1S/C12H18O3/c1-8(7-9(2)13)12(3)10(14)5-4-6-11(12)15/h8H,4-7H2,1-3H3/t8-/m1/s1. The number of Topliss-reactive ketones (excluding diaryl/α,β-unsaturated/α-hetero) is 3. The minimum atomic E-state index is -0.913. The van der Waals surface area contributed by atoms with Gasteiger partial charge in [-0.3, -0.25) is 9.59 Å². The first-order chi connectivity index (χ1) is 6.89. The Labute approximate surface area is 90.2 Å². The average Bonchev–Trinajstić information content (AvgIpc) is 2.12. The summed E-state index contributed by atoms with van der Waals surface area (Å²) in [4.78, 5) is 34.7.